The summed E-state index contributed by atoms with van der Waals surface area (Å²) >= 11 is 0. The first-order valence-electron chi connectivity index (χ1n) is 10.3. The molecule has 0 aromatic carbocycles. The maximum atomic E-state index is 4.99. The van der Waals surface area contributed by atoms with Gasteiger partial charge in [0.1, 0.15) is 0 Å². The first kappa shape index (κ1) is 16.4. The zero-order valence-electron chi connectivity index (χ0n) is 16.3. The number of nitrogens with zero attached hydrogens (tertiary/aromatic N) is 1. The molecule has 1 aromatic rings. The van der Waals surface area contributed by atoms with Crippen LogP contribution in [0.1, 0.15) is 65.0 Å². The summed E-state index contributed by atoms with van der Waals surface area (Å²) in [6.45, 7) is 6.81. The number of allylic oxidation sites excluding steroid dienone is 2. The highest BCUT2D eigenvalue weighted by Gasteiger charge is 2.50. The molecule has 4 aliphatic carbocycles. The summed E-state index contributed by atoms with van der Waals surface area (Å²) in [4.78, 5) is 8.32. The lowest BCUT2D eigenvalue weighted by atomic mass is 9.53. The van der Waals surface area contributed by atoms with E-state index < -0.39 is 0 Å². The summed E-state index contributed by atoms with van der Waals surface area (Å²) in [6.07, 6.45) is 15.0. The maximum absolute atomic E-state index is 4.99. The Kier molecular flexibility index (Phi) is 3.54. The van der Waals surface area contributed by atoms with Gasteiger partial charge in [-0.3, -0.25) is 0 Å². The minimum absolute atomic E-state index is 0.0836. The molecular weight excluding hydrogens is 318 g/mol. The summed E-state index contributed by atoms with van der Waals surface area (Å²) in [5.41, 5.74) is 5.04. The molecule has 3 heteroatoms. The first-order chi connectivity index (χ1) is 12.4. The highest BCUT2D eigenvalue weighted by atomic mass is 15.0. The zero-order valence-corrected chi connectivity index (χ0v) is 16.3. The molecule has 2 N–H and O–H groups in total. The van der Waals surface area contributed by atoms with Crippen LogP contribution in [0.25, 0.3) is 0 Å². The van der Waals surface area contributed by atoms with E-state index in [0.29, 0.717) is 5.54 Å². The van der Waals surface area contributed by atoms with E-state index in [2.05, 4.69) is 49.4 Å². The highest BCUT2D eigenvalue weighted by molar-refractivity contribution is 6.14. The predicted octanol–water partition coefficient (Wildman–Crippen LogP) is 5.19. The number of aromatic amines is 1. The fraction of sp³-hybridized carbons (Fsp3) is 0.609. The summed E-state index contributed by atoms with van der Waals surface area (Å²) in [5.74, 6) is 2.90. The van der Waals surface area contributed by atoms with Gasteiger partial charge < -0.3 is 10.3 Å². The van der Waals surface area contributed by atoms with Gasteiger partial charge in [0, 0.05) is 17.9 Å². The third-order valence-corrected chi connectivity index (χ3v) is 7.01. The first-order valence-corrected chi connectivity index (χ1v) is 10.3. The van der Waals surface area contributed by atoms with Crippen LogP contribution in [0.15, 0.2) is 46.9 Å². The van der Waals surface area contributed by atoms with E-state index in [1.807, 2.05) is 12.3 Å². The normalized spacial score (nSPS) is 37.2. The molecule has 5 aliphatic rings. The Morgan fingerprint density at radius 2 is 1.77 bits per heavy atom. The van der Waals surface area contributed by atoms with Gasteiger partial charge in [-0.1, -0.05) is 20.8 Å². The molecule has 4 bridgehead atoms. The standard InChI is InChI=1S/C23H31N3/c1-22(2,3)19-10-18(26-21(19)20-5-4-6-24-20)14-25-23-11-15-7-16(12-23)9-17(8-15)13-23/h4-6,10,14-17,24-25H,7-9,11-13H2,1-3H3/b18-14+. The van der Waals surface area contributed by atoms with Crippen molar-refractivity contribution in [3.63, 3.8) is 0 Å². The Labute approximate surface area is 157 Å². The number of nitrogens with one attached hydrogen (secondary N) is 2. The minimum Gasteiger partial charge on any atom is -0.384 e. The predicted molar refractivity (Wildman–Crippen MR) is 107 cm³/mol. The van der Waals surface area contributed by atoms with Crippen molar-refractivity contribution in [3.8, 4) is 0 Å². The highest BCUT2D eigenvalue weighted by Crippen LogP contribution is 2.55. The summed E-state index contributed by atoms with van der Waals surface area (Å²) < 4.78 is 0. The molecule has 1 aromatic heterocycles. The lowest BCUT2D eigenvalue weighted by Gasteiger charge is -2.56. The van der Waals surface area contributed by atoms with Crippen LogP contribution in [0.2, 0.25) is 0 Å². The van der Waals surface area contributed by atoms with Gasteiger partial charge in [0.2, 0.25) is 0 Å². The van der Waals surface area contributed by atoms with Crippen molar-refractivity contribution in [2.75, 3.05) is 0 Å². The smallest absolute Gasteiger partial charge is 0.0910 e. The van der Waals surface area contributed by atoms with Crippen LogP contribution < -0.4 is 5.32 Å². The fourth-order valence-electron chi connectivity index (χ4n) is 6.28. The van der Waals surface area contributed by atoms with Crippen molar-refractivity contribution in [2.24, 2.45) is 28.2 Å². The zero-order chi connectivity index (χ0) is 17.9. The lowest BCUT2D eigenvalue weighted by Crippen LogP contribution is -2.56. The van der Waals surface area contributed by atoms with Gasteiger partial charge in [-0.05, 0) is 85.5 Å². The Bertz CT molecular complexity index is 751. The van der Waals surface area contributed by atoms with E-state index >= 15 is 0 Å². The second kappa shape index (κ2) is 5.61. The van der Waals surface area contributed by atoms with Gasteiger partial charge in [0.05, 0.1) is 17.1 Å². The molecule has 0 atom stereocenters. The van der Waals surface area contributed by atoms with Crippen LogP contribution in [-0.4, -0.2) is 16.2 Å². The van der Waals surface area contributed by atoms with Crippen LogP contribution in [0.4, 0.5) is 0 Å². The van der Waals surface area contributed by atoms with E-state index in [-0.39, 0.29) is 5.41 Å². The molecule has 0 amide bonds. The second-order valence-electron chi connectivity index (χ2n) is 10.3. The molecule has 1 aliphatic heterocycles. The third kappa shape index (κ3) is 2.76. The molecule has 0 saturated heterocycles. The Hall–Kier alpha value is -1.77. The van der Waals surface area contributed by atoms with Crippen molar-refractivity contribution < 1.29 is 0 Å². The van der Waals surface area contributed by atoms with E-state index in [1.54, 1.807) is 0 Å². The van der Waals surface area contributed by atoms with Crippen molar-refractivity contribution in [1.29, 1.82) is 0 Å². The number of rotatable bonds is 3. The molecule has 0 spiro atoms. The van der Waals surface area contributed by atoms with Crippen LogP contribution in [0, 0.1) is 23.2 Å². The van der Waals surface area contributed by atoms with Gasteiger partial charge in [-0.2, -0.15) is 0 Å². The largest absolute Gasteiger partial charge is 0.384 e. The number of aromatic nitrogens is 1. The topological polar surface area (TPSA) is 40.2 Å². The van der Waals surface area contributed by atoms with Crippen LogP contribution in [0.3, 0.4) is 0 Å². The molecule has 138 valence electrons. The number of aliphatic imine (C=N–C) groups is 1. The van der Waals surface area contributed by atoms with Gasteiger partial charge >= 0.3 is 0 Å². The van der Waals surface area contributed by atoms with Crippen LogP contribution in [0.5, 0.6) is 0 Å². The molecule has 6 rings (SSSR count). The fourth-order valence-corrected chi connectivity index (χ4v) is 6.28. The van der Waals surface area contributed by atoms with E-state index in [0.717, 1.165) is 34.9 Å². The average molecular weight is 350 g/mol. The summed E-state index contributed by atoms with van der Waals surface area (Å²) in [7, 11) is 0. The molecule has 26 heavy (non-hydrogen) atoms. The lowest BCUT2D eigenvalue weighted by molar-refractivity contribution is -0.0130. The van der Waals surface area contributed by atoms with Crippen molar-refractivity contribution in [2.45, 2.75) is 64.8 Å². The minimum atomic E-state index is 0.0836. The number of hydrogen-bond donors (Lipinski definition) is 2. The Morgan fingerprint density at radius 3 is 2.31 bits per heavy atom. The van der Waals surface area contributed by atoms with E-state index in [1.165, 1.54) is 44.1 Å². The molecule has 4 saturated carbocycles. The van der Waals surface area contributed by atoms with Crippen molar-refractivity contribution in [1.82, 2.24) is 10.3 Å². The summed E-state index contributed by atoms with van der Waals surface area (Å²) in [6, 6.07) is 4.17. The molecular formula is C23H31N3. The molecule has 2 heterocycles. The average Bonchev–Trinajstić information content (AvgIpc) is 3.21. The van der Waals surface area contributed by atoms with Crippen molar-refractivity contribution >= 4 is 5.71 Å². The molecule has 4 fully saturated rings. The van der Waals surface area contributed by atoms with E-state index in [9.17, 15) is 0 Å². The van der Waals surface area contributed by atoms with Crippen LogP contribution >= 0.6 is 0 Å². The molecule has 0 unspecified atom stereocenters. The molecule has 0 radical (unpaired) electrons. The SMILES string of the molecule is CC(C)(C)C1=C/C(=C\NC23CC4CC(CC(C4)C2)C3)N=C1c1ccc[nH]1. The monoisotopic (exact) mass is 349 g/mol. The van der Waals surface area contributed by atoms with E-state index in [4.69, 9.17) is 4.99 Å². The van der Waals surface area contributed by atoms with Gasteiger partial charge in [0.25, 0.3) is 0 Å². The number of hydrogen-bond acceptors (Lipinski definition) is 2. The molecule has 3 nitrogen and oxygen atoms in total. The second-order valence-corrected chi connectivity index (χ2v) is 10.3. The Balaban J connectivity index is 1.42. The number of H-pyrrole nitrogens is 1. The van der Waals surface area contributed by atoms with Gasteiger partial charge in [0.15, 0.2) is 0 Å². The van der Waals surface area contributed by atoms with Crippen LogP contribution in [-0.2, 0) is 0 Å². The summed E-state index contributed by atoms with van der Waals surface area (Å²) in [5, 5.41) is 3.88. The van der Waals surface area contributed by atoms with Crippen molar-refractivity contribution in [3.05, 3.63) is 47.6 Å². The Morgan fingerprint density at radius 1 is 1.12 bits per heavy atom. The third-order valence-electron chi connectivity index (χ3n) is 7.01. The van der Waals surface area contributed by atoms with Gasteiger partial charge in [-0.25, -0.2) is 4.99 Å². The maximum Gasteiger partial charge on any atom is 0.0910 e. The van der Waals surface area contributed by atoms with Gasteiger partial charge in [-0.15, -0.1) is 0 Å². The quantitative estimate of drug-likeness (QED) is 0.774.